The lowest BCUT2D eigenvalue weighted by Gasteiger charge is -2.15. The number of ether oxygens (including phenoxy) is 1. The first-order valence-corrected chi connectivity index (χ1v) is 10.4. The van der Waals surface area contributed by atoms with Gasteiger partial charge in [-0.05, 0) is 64.2 Å². The molecule has 3 rings (SSSR count). The van der Waals surface area contributed by atoms with Crippen LogP contribution in [0.2, 0.25) is 0 Å². The average Bonchev–Trinajstić information content (AvgIpc) is 3.04. The number of carbonyl (C=O) groups is 2. The number of nitro groups is 1. The number of carbonyl (C=O) groups excluding carboxylic acids is 2. The van der Waals surface area contributed by atoms with Crippen molar-refractivity contribution in [3.8, 4) is 0 Å². The van der Waals surface area contributed by atoms with Crippen LogP contribution in [-0.2, 0) is 11.3 Å². The van der Waals surface area contributed by atoms with E-state index in [0.717, 1.165) is 43.3 Å². The molecular weight excluding hydrogens is 398 g/mol. The maximum Gasteiger partial charge on any atom is 0.338 e. The van der Waals surface area contributed by atoms with E-state index < -0.39 is 17.5 Å². The van der Waals surface area contributed by atoms with Gasteiger partial charge < -0.3 is 15.0 Å². The molecule has 1 heterocycles. The summed E-state index contributed by atoms with van der Waals surface area (Å²) in [7, 11) is 0. The number of benzene rings is 1. The lowest BCUT2D eigenvalue weighted by Crippen LogP contribution is -2.15. The van der Waals surface area contributed by atoms with Crippen molar-refractivity contribution in [1.82, 2.24) is 4.57 Å². The Morgan fingerprint density at radius 1 is 1.23 bits per heavy atom. The molecule has 8 nitrogen and oxygen atoms in total. The highest BCUT2D eigenvalue weighted by atomic mass is 16.6. The van der Waals surface area contributed by atoms with Crippen LogP contribution in [0.15, 0.2) is 35.9 Å². The zero-order chi connectivity index (χ0) is 22.5. The van der Waals surface area contributed by atoms with E-state index in [9.17, 15) is 19.7 Å². The van der Waals surface area contributed by atoms with Gasteiger partial charge in [-0.2, -0.15) is 0 Å². The number of anilines is 1. The summed E-state index contributed by atoms with van der Waals surface area (Å²) in [5.41, 5.74) is 8.91. The first-order valence-electron chi connectivity index (χ1n) is 10.4. The minimum absolute atomic E-state index is 0.0278. The van der Waals surface area contributed by atoms with Crippen molar-refractivity contribution in [3.05, 3.63) is 68.5 Å². The van der Waals surface area contributed by atoms with Crippen LogP contribution in [0.5, 0.6) is 0 Å². The van der Waals surface area contributed by atoms with Crippen LogP contribution in [0.4, 0.5) is 11.4 Å². The lowest BCUT2D eigenvalue weighted by atomic mass is 9.97. The number of rotatable bonds is 8. The molecule has 8 heteroatoms. The van der Waals surface area contributed by atoms with Crippen LogP contribution in [-0.4, -0.2) is 27.8 Å². The number of aromatic nitrogens is 1. The SMILES string of the molecule is Cc1cc(C(=O)COC(=O)c2ccc(N)c([N+](=O)[O-])c2)c(C)n1CCC1=CCCCC1. The van der Waals surface area contributed by atoms with E-state index in [4.69, 9.17) is 10.5 Å². The Labute approximate surface area is 180 Å². The van der Waals surface area contributed by atoms with Gasteiger partial charge in [-0.15, -0.1) is 0 Å². The lowest BCUT2D eigenvalue weighted by molar-refractivity contribution is -0.383. The number of allylic oxidation sites excluding steroid dienone is 2. The van der Waals surface area contributed by atoms with Gasteiger partial charge in [-0.3, -0.25) is 14.9 Å². The third kappa shape index (κ3) is 5.20. The van der Waals surface area contributed by atoms with Gasteiger partial charge in [0.05, 0.1) is 10.5 Å². The largest absolute Gasteiger partial charge is 0.454 e. The summed E-state index contributed by atoms with van der Waals surface area (Å²) in [6.45, 7) is 4.22. The van der Waals surface area contributed by atoms with Gasteiger partial charge in [-0.25, -0.2) is 4.79 Å². The molecule has 0 spiro atoms. The van der Waals surface area contributed by atoms with Crippen LogP contribution < -0.4 is 5.73 Å². The van der Waals surface area contributed by atoms with Crippen molar-refractivity contribution in [1.29, 1.82) is 0 Å². The second kappa shape index (κ2) is 9.59. The summed E-state index contributed by atoms with van der Waals surface area (Å²) in [5, 5.41) is 11.0. The summed E-state index contributed by atoms with van der Waals surface area (Å²) >= 11 is 0. The van der Waals surface area contributed by atoms with Crippen LogP contribution >= 0.6 is 0 Å². The fourth-order valence-electron chi connectivity index (χ4n) is 3.94. The molecule has 31 heavy (non-hydrogen) atoms. The number of ketones is 1. The van der Waals surface area contributed by atoms with Crippen LogP contribution in [0.1, 0.15) is 64.2 Å². The van der Waals surface area contributed by atoms with Crippen molar-refractivity contribution in [2.45, 2.75) is 52.5 Å². The minimum atomic E-state index is -0.811. The zero-order valence-corrected chi connectivity index (χ0v) is 17.8. The molecule has 0 unspecified atom stereocenters. The maximum atomic E-state index is 12.7. The van der Waals surface area contributed by atoms with Crippen molar-refractivity contribution in [2.24, 2.45) is 0 Å². The Bertz CT molecular complexity index is 1050. The molecule has 0 saturated carbocycles. The molecule has 1 aliphatic carbocycles. The zero-order valence-electron chi connectivity index (χ0n) is 17.8. The number of aryl methyl sites for hydroxylation is 1. The van der Waals surface area contributed by atoms with Crippen LogP contribution in [0.25, 0.3) is 0 Å². The Morgan fingerprint density at radius 2 is 2.00 bits per heavy atom. The number of esters is 1. The highest BCUT2D eigenvalue weighted by Gasteiger charge is 2.20. The monoisotopic (exact) mass is 425 g/mol. The quantitative estimate of drug-likeness (QED) is 0.166. The molecule has 1 aliphatic rings. The number of nitro benzene ring substituents is 1. The predicted octanol–water partition coefficient (Wildman–Crippen LogP) is 4.53. The number of hydrogen-bond donors (Lipinski definition) is 1. The smallest absolute Gasteiger partial charge is 0.338 e. The van der Waals surface area contributed by atoms with Crippen LogP contribution in [0.3, 0.4) is 0 Å². The predicted molar refractivity (Wildman–Crippen MR) is 117 cm³/mol. The highest BCUT2D eigenvalue weighted by molar-refractivity contribution is 6.00. The molecule has 1 aromatic carbocycles. The number of nitrogen functional groups attached to an aromatic ring is 1. The third-order valence-electron chi connectivity index (χ3n) is 5.71. The third-order valence-corrected chi connectivity index (χ3v) is 5.71. The first kappa shape index (κ1) is 22.3. The van der Waals surface area contributed by atoms with Crippen molar-refractivity contribution < 1.29 is 19.2 Å². The van der Waals surface area contributed by atoms with E-state index in [0.29, 0.717) is 5.56 Å². The van der Waals surface area contributed by atoms with Gasteiger partial charge in [0.15, 0.2) is 6.61 Å². The van der Waals surface area contributed by atoms with E-state index in [1.807, 2.05) is 19.9 Å². The van der Waals surface area contributed by atoms with E-state index in [1.54, 1.807) is 0 Å². The van der Waals surface area contributed by atoms with Crippen molar-refractivity contribution >= 4 is 23.1 Å². The molecule has 0 bridgehead atoms. The fraction of sp³-hybridized carbons (Fsp3) is 0.391. The molecule has 164 valence electrons. The maximum absolute atomic E-state index is 12.7. The second-order valence-corrected chi connectivity index (χ2v) is 7.82. The highest BCUT2D eigenvalue weighted by Crippen LogP contribution is 2.24. The molecule has 0 aliphatic heterocycles. The average molecular weight is 425 g/mol. The molecule has 0 fully saturated rings. The number of nitrogens with zero attached hydrogens (tertiary/aromatic N) is 2. The molecule has 2 aromatic rings. The summed E-state index contributed by atoms with van der Waals surface area (Å²) in [4.78, 5) is 35.2. The Kier molecular flexibility index (Phi) is 6.89. The molecule has 0 radical (unpaired) electrons. The minimum Gasteiger partial charge on any atom is -0.454 e. The van der Waals surface area contributed by atoms with E-state index in [1.165, 1.54) is 30.5 Å². The standard InChI is InChI=1S/C23H27N3O5/c1-15-12-19(16(2)25(15)11-10-17-6-4-3-5-7-17)22(27)14-31-23(28)18-8-9-20(24)21(13-18)26(29)30/h6,8-9,12-13H,3-5,7,10-11,14,24H2,1-2H3. The molecule has 0 saturated heterocycles. The van der Waals surface area contributed by atoms with Gasteiger partial charge in [0.2, 0.25) is 5.78 Å². The number of Topliss-reactive ketones (excluding diaryl/α,β-unsaturated/α-hetero) is 1. The Balaban J connectivity index is 1.64. The van der Waals surface area contributed by atoms with E-state index in [2.05, 4.69) is 10.6 Å². The Morgan fingerprint density at radius 3 is 2.68 bits per heavy atom. The molecule has 2 N–H and O–H groups in total. The summed E-state index contributed by atoms with van der Waals surface area (Å²) in [6.07, 6.45) is 8.07. The van der Waals surface area contributed by atoms with Gasteiger partial charge in [0.1, 0.15) is 5.69 Å². The molecule has 1 aromatic heterocycles. The summed E-state index contributed by atoms with van der Waals surface area (Å²) in [5.74, 6) is -1.12. The first-order chi connectivity index (χ1) is 14.8. The van der Waals surface area contributed by atoms with Gasteiger partial charge in [-0.1, -0.05) is 11.6 Å². The van der Waals surface area contributed by atoms with Crippen LogP contribution in [0, 0.1) is 24.0 Å². The second-order valence-electron chi connectivity index (χ2n) is 7.82. The topological polar surface area (TPSA) is 117 Å². The van der Waals surface area contributed by atoms with E-state index in [-0.39, 0.29) is 22.7 Å². The van der Waals surface area contributed by atoms with E-state index >= 15 is 0 Å². The summed E-state index contributed by atoms with van der Waals surface area (Å²) in [6, 6.07) is 5.47. The molecule has 0 amide bonds. The van der Waals surface area contributed by atoms with Gasteiger partial charge in [0, 0.05) is 29.6 Å². The molecule has 0 atom stereocenters. The molecular formula is C23H27N3O5. The van der Waals surface area contributed by atoms with Crippen molar-refractivity contribution in [3.63, 3.8) is 0 Å². The summed E-state index contributed by atoms with van der Waals surface area (Å²) < 4.78 is 7.23. The van der Waals surface area contributed by atoms with Gasteiger partial charge in [0.25, 0.3) is 5.69 Å². The van der Waals surface area contributed by atoms with Gasteiger partial charge >= 0.3 is 5.97 Å². The van der Waals surface area contributed by atoms with Crippen molar-refractivity contribution in [2.75, 3.05) is 12.3 Å². The Hall–Kier alpha value is -3.42. The fourth-order valence-corrected chi connectivity index (χ4v) is 3.94. The normalized spacial score (nSPS) is 13.5. The number of nitrogens with two attached hydrogens (primary N) is 1. The number of hydrogen-bond acceptors (Lipinski definition) is 6.